The highest BCUT2D eigenvalue weighted by Crippen LogP contribution is 2.31. The number of carbonyl (C=O) groups is 1. The lowest BCUT2D eigenvalue weighted by atomic mass is 10.0. The fourth-order valence-corrected chi connectivity index (χ4v) is 2.23. The molecule has 98 valence electrons. The van der Waals surface area contributed by atoms with Gasteiger partial charge < -0.3 is 16.0 Å². The number of hydrogen-bond donors (Lipinski definition) is 2. The van der Waals surface area contributed by atoms with Gasteiger partial charge >= 0.3 is 0 Å². The third-order valence-electron chi connectivity index (χ3n) is 3.33. The zero-order valence-corrected chi connectivity index (χ0v) is 11.1. The Balaban J connectivity index is 2.43. The van der Waals surface area contributed by atoms with E-state index in [1.54, 1.807) is 4.90 Å². The van der Waals surface area contributed by atoms with Crippen molar-refractivity contribution in [3.05, 3.63) is 23.8 Å². The number of amides is 1. The van der Waals surface area contributed by atoms with E-state index in [9.17, 15) is 4.79 Å². The van der Waals surface area contributed by atoms with Crippen molar-refractivity contribution in [1.82, 2.24) is 0 Å². The van der Waals surface area contributed by atoms with E-state index in [4.69, 9.17) is 5.73 Å². The topological polar surface area (TPSA) is 58.4 Å². The van der Waals surface area contributed by atoms with Crippen molar-refractivity contribution < 1.29 is 4.79 Å². The van der Waals surface area contributed by atoms with Gasteiger partial charge in [-0.05, 0) is 30.0 Å². The highest BCUT2D eigenvalue weighted by Gasteiger charge is 2.20. The van der Waals surface area contributed by atoms with Crippen LogP contribution in [0.4, 0.5) is 11.4 Å². The van der Waals surface area contributed by atoms with Gasteiger partial charge in [-0.1, -0.05) is 19.9 Å². The molecule has 0 aromatic heterocycles. The number of fused-ring (bicyclic) bond motifs is 1. The summed E-state index contributed by atoms with van der Waals surface area (Å²) in [6.07, 6.45) is 0.942. The second kappa shape index (κ2) is 5.40. The lowest BCUT2D eigenvalue weighted by Crippen LogP contribution is -2.36. The Hall–Kier alpha value is -1.55. The first kappa shape index (κ1) is 12.9. The Morgan fingerprint density at radius 2 is 2.28 bits per heavy atom. The van der Waals surface area contributed by atoms with Crippen molar-refractivity contribution in [3.8, 4) is 0 Å². The summed E-state index contributed by atoms with van der Waals surface area (Å²) in [6, 6.07) is 6.28. The Morgan fingerprint density at radius 1 is 1.50 bits per heavy atom. The third-order valence-corrected chi connectivity index (χ3v) is 3.33. The number of nitrogens with two attached hydrogens (primary N) is 1. The van der Waals surface area contributed by atoms with Gasteiger partial charge in [0.2, 0.25) is 5.91 Å². The quantitative estimate of drug-likeness (QED) is 0.839. The molecule has 1 aliphatic heterocycles. The summed E-state index contributed by atoms with van der Waals surface area (Å²) in [6.45, 7) is 5.99. The van der Waals surface area contributed by atoms with Gasteiger partial charge in [-0.15, -0.1) is 0 Å². The number of anilines is 2. The first-order chi connectivity index (χ1) is 8.63. The van der Waals surface area contributed by atoms with E-state index in [0.29, 0.717) is 5.92 Å². The summed E-state index contributed by atoms with van der Waals surface area (Å²) in [5.74, 6) is 0.439. The zero-order valence-electron chi connectivity index (χ0n) is 11.1. The van der Waals surface area contributed by atoms with Crippen LogP contribution in [0.1, 0.15) is 31.7 Å². The summed E-state index contributed by atoms with van der Waals surface area (Å²) < 4.78 is 0. The molecular formula is C14H21N3O. The van der Waals surface area contributed by atoms with Crippen LogP contribution in [0, 0.1) is 0 Å². The molecule has 0 spiro atoms. The van der Waals surface area contributed by atoms with Gasteiger partial charge in [-0.25, -0.2) is 0 Å². The number of carbonyl (C=O) groups excluding carboxylic acids is 1. The predicted molar refractivity (Wildman–Crippen MR) is 75.0 cm³/mol. The highest BCUT2D eigenvalue weighted by atomic mass is 16.2. The van der Waals surface area contributed by atoms with Crippen LogP contribution in [0.15, 0.2) is 18.2 Å². The predicted octanol–water partition coefficient (Wildman–Crippen LogP) is 1.92. The smallest absolute Gasteiger partial charge is 0.240 e. The Labute approximate surface area is 108 Å². The van der Waals surface area contributed by atoms with E-state index in [0.717, 1.165) is 30.9 Å². The van der Waals surface area contributed by atoms with E-state index in [2.05, 4.69) is 37.4 Å². The van der Waals surface area contributed by atoms with Crippen molar-refractivity contribution in [2.24, 2.45) is 5.73 Å². The molecule has 0 unspecified atom stereocenters. The number of nitrogens with one attached hydrogen (secondary N) is 1. The maximum Gasteiger partial charge on any atom is 0.240 e. The monoisotopic (exact) mass is 247 g/mol. The molecule has 18 heavy (non-hydrogen) atoms. The van der Waals surface area contributed by atoms with Gasteiger partial charge in [-0.3, -0.25) is 4.79 Å². The average Bonchev–Trinajstić information content (AvgIpc) is 2.59. The van der Waals surface area contributed by atoms with E-state index >= 15 is 0 Å². The number of nitrogens with zero attached hydrogens (tertiary/aromatic N) is 1. The number of benzene rings is 1. The molecule has 1 aromatic carbocycles. The van der Waals surface area contributed by atoms with Crippen LogP contribution >= 0.6 is 0 Å². The molecule has 1 aromatic rings. The summed E-state index contributed by atoms with van der Waals surface area (Å²) in [5, 5.41) is 3.37. The fraction of sp³-hybridized carbons (Fsp3) is 0.500. The standard InChI is InChI=1S/C14H21N3O/c1-10(2)11-4-5-12-13(8-11)17(14(18)9-15)7-3-6-16-12/h4-5,8,10,16H,3,6-7,9,15H2,1-2H3. The fourth-order valence-electron chi connectivity index (χ4n) is 2.23. The largest absolute Gasteiger partial charge is 0.383 e. The van der Waals surface area contributed by atoms with Crippen LogP contribution in [-0.2, 0) is 4.79 Å². The first-order valence-corrected chi connectivity index (χ1v) is 6.51. The van der Waals surface area contributed by atoms with Crippen LogP contribution in [0.5, 0.6) is 0 Å². The van der Waals surface area contributed by atoms with E-state index < -0.39 is 0 Å². The van der Waals surface area contributed by atoms with Crippen LogP contribution < -0.4 is 16.0 Å². The van der Waals surface area contributed by atoms with Gasteiger partial charge in [0.25, 0.3) is 0 Å². The molecule has 4 heteroatoms. The second-order valence-corrected chi connectivity index (χ2v) is 4.96. The Bertz CT molecular complexity index is 443. The molecule has 0 aliphatic carbocycles. The molecule has 0 fully saturated rings. The van der Waals surface area contributed by atoms with E-state index in [1.165, 1.54) is 5.56 Å². The highest BCUT2D eigenvalue weighted by molar-refractivity contribution is 5.98. The van der Waals surface area contributed by atoms with Crippen molar-refractivity contribution in [2.75, 3.05) is 29.9 Å². The molecule has 2 rings (SSSR count). The van der Waals surface area contributed by atoms with Gasteiger partial charge in [-0.2, -0.15) is 0 Å². The van der Waals surface area contributed by atoms with Crippen LogP contribution in [0.25, 0.3) is 0 Å². The number of rotatable bonds is 2. The van der Waals surface area contributed by atoms with Crippen molar-refractivity contribution in [3.63, 3.8) is 0 Å². The summed E-state index contributed by atoms with van der Waals surface area (Å²) >= 11 is 0. The molecule has 0 saturated carbocycles. The van der Waals surface area contributed by atoms with E-state index in [1.807, 2.05) is 0 Å². The lowest BCUT2D eigenvalue weighted by molar-refractivity contribution is -0.117. The molecular weight excluding hydrogens is 226 g/mol. The maximum absolute atomic E-state index is 11.9. The minimum atomic E-state index is -0.0131. The van der Waals surface area contributed by atoms with Crippen LogP contribution in [0.2, 0.25) is 0 Å². The van der Waals surface area contributed by atoms with E-state index in [-0.39, 0.29) is 12.5 Å². The van der Waals surface area contributed by atoms with Crippen molar-refractivity contribution in [2.45, 2.75) is 26.2 Å². The zero-order chi connectivity index (χ0) is 13.1. The van der Waals surface area contributed by atoms with Crippen LogP contribution in [0.3, 0.4) is 0 Å². The third kappa shape index (κ3) is 2.48. The van der Waals surface area contributed by atoms with Crippen molar-refractivity contribution >= 4 is 17.3 Å². The molecule has 0 radical (unpaired) electrons. The number of hydrogen-bond acceptors (Lipinski definition) is 3. The van der Waals surface area contributed by atoms with Gasteiger partial charge in [0.05, 0.1) is 17.9 Å². The Morgan fingerprint density at radius 3 is 2.94 bits per heavy atom. The SMILES string of the molecule is CC(C)c1ccc2c(c1)N(C(=O)CN)CCCN2. The average molecular weight is 247 g/mol. The molecule has 0 atom stereocenters. The van der Waals surface area contributed by atoms with Gasteiger partial charge in [0, 0.05) is 13.1 Å². The van der Waals surface area contributed by atoms with Gasteiger partial charge in [0.1, 0.15) is 0 Å². The molecule has 1 amide bonds. The molecule has 1 aliphatic rings. The first-order valence-electron chi connectivity index (χ1n) is 6.51. The minimum Gasteiger partial charge on any atom is -0.383 e. The summed E-state index contributed by atoms with van der Waals surface area (Å²) in [7, 11) is 0. The molecule has 3 N–H and O–H groups in total. The van der Waals surface area contributed by atoms with Crippen LogP contribution in [-0.4, -0.2) is 25.5 Å². The normalized spacial score (nSPS) is 15.0. The van der Waals surface area contributed by atoms with Gasteiger partial charge in [0.15, 0.2) is 0 Å². The minimum absolute atomic E-state index is 0.0131. The van der Waals surface area contributed by atoms with Crippen molar-refractivity contribution in [1.29, 1.82) is 0 Å². The Kier molecular flexibility index (Phi) is 3.87. The molecule has 1 heterocycles. The lowest BCUT2D eigenvalue weighted by Gasteiger charge is -2.23. The second-order valence-electron chi connectivity index (χ2n) is 4.96. The maximum atomic E-state index is 11.9. The molecule has 0 saturated heterocycles. The molecule has 0 bridgehead atoms. The summed E-state index contributed by atoms with van der Waals surface area (Å²) in [5.41, 5.74) is 8.73. The molecule has 4 nitrogen and oxygen atoms in total. The summed E-state index contributed by atoms with van der Waals surface area (Å²) in [4.78, 5) is 13.7.